The third kappa shape index (κ3) is 6.22. The van der Waals surface area contributed by atoms with Gasteiger partial charge in [0.1, 0.15) is 17.5 Å². The Hall–Kier alpha value is -3.22. The maximum absolute atomic E-state index is 12.9. The first-order chi connectivity index (χ1) is 12.8. The Morgan fingerprint density at radius 2 is 1.78 bits per heavy atom. The first-order valence-electron chi connectivity index (χ1n) is 7.82. The number of carbonyl (C=O) groups is 1. The smallest absolute Gasteiger partial charge is 0.267 e. The van der Waals surface area contributed by atoms with Crippen LogP contribution in [0.3, 0.4) is 0 Å². The fourth-order valence-corrected chi connectivity index (χ4v) is 2.63. The molecule has 0 fully saturated rings. The van der Waals surface area contributed by atoms with Crippen LogP contribution in [-0.2, 0) is 21.2 Å². The number of hydrogen-bond acceptors (Lipinski definition) is 5. The predicted molar refractivity (Wildman–Crippen MR) is 98.2 cm³/mol. The van der Waals surface area contributed by atoms with Crippen molar-refractivity contribution in [3.63, 3.8) is 0 Å². The van der Waals surface area contributed by atoms with Crippen molar-refractivity contribution < 1.29 is 17.6 Å². The average Bonchev–Trinajstić information content (AvgIpc) is 2.63. The van der Waals surface area contributed by atoms with Crippen LogP contribution < -0.4 is 15.8 Å². The molecule has 0 aromatic heterocycles. The van der Waals surface area contributed by atoms with Crippen molar-refractivity contribution in [2.75, 3.05) is 11.9 Å². The summed E-state index contributed by atoms with van der Waals surface area (Å²) in [5.41, 5.74) is 1.10. The van der Waals surface area contributed by atoms with Gasteiger partial charge in [-0.05, 0) is 48.4 Å². The van der Waals surface area contributed by atoms with E-state index >= 15 is 0 Å². The van der Waals surface area contributed by atoms with Crippen molar-refractivity contribution in [3.8, 4) is 6.07 Å². The molecular weight excluding hydrogens is 371 g/mol. The van der Waals surface area contributed by atoms with Crippen LogP contribution in [0.1, 0.15) is 5.56 Å². The lowest BCUT2D eigenvalue weighted by Crippen LogP contribution is -2.18. The molecule has 0 radical (unpaired) electrons. The molecule has 0 saturated heterocycles. The number of hydrogen-bond donors (Lipinski definition) is 3. The Bertz CT molecular complexity index is 979. The Balaban J connectivity index is 1.88. The molecule has 0 aliphatic heterocycles. The molecule has 1 amide bonds. The molecule has 0 unspecified atom stereocenters. The van der Waals surface area contributed by atoms with Crippen LogP contribution >= 0.6 is 0 Å². The number of halogens is 1. The molecule has 0 atom stereocenters. The van der Waals surface area contributed by atoms with Crippen LogP contribution in [0, 0.1) is 17.1 Å². The lowest BCUT2D eigenvalue weighted by atomic mass is 10.1. The van der Waals surface area contributed by atoms with E-state index in [0.717, 1.165) is 5.56 Å². The number of nitriles is 1. The van der Waals surface area contributed by atoms with Crippen molar-refractivity contribution in [1.82, 2.24) is 5.32 Å². The Morgan fingerprint density at radius 3 is 2.33 bits per heavy atom. The minimum atomic E-state index is -3.72. The van der Waals surface area contributed by atoms with Gasteiger partial charge >= 0.3 is 0 Å². The number of nitrogens with zero attached hydrogens (tertiary/aromatic N) is 1. The maximum Gasteiger partial charge on any atom is 0.267 e. The van der Waals surface area contributed by atoms with E-state index in [9.17, 15) is 17.6 Å². The number of anilines is 1. The molecule has 2 aromatic rings. The van der Waals surface area contributed by atoms with Crippen molar-refractivity contribution in [1.29, 1.82) is 5.26 Å². The van der Waals surface area contributed by atoms with Crippen molar-refractivity contribution in [3.05, 3.63) is 71.7 Å². The first kappa shape index (κ1) is 20.1. The number of nitrogens with two attached hydrogens (primary N) is 1. The minimum Gasteiger partial charge on any atom is -0.389 e. The predicted octanol–water partition coefficient (Wildman–Crippen LogP) is 1.65. The maximum atomic E-state index is 12.9. The SMILES string of the molecule is N#C/C(=C/NCCc1ccc(S(N)(=O)=O)cc1)C(=O)Nc1ccc(F)cc1. The van der Waals surface area contributed by atoms with Gasteiger partial charge in [0.15, 0.2) is 0 Å². The summed E-state index contributed by atoms with van der Waals surface area (Å²) < 4.78 is 35.2. The Morgan fingerprint density at radius 1 is 1.15 bits per heavy atom. The summed E-state index contributed by atoms with van der Waals surface area (Å²) in [6.07, 6.45) is 1.83. The third-order valence-corrected chi connectivity index (χ3v) is 4.45. The van der Waals surface area contributed by atoms with Gasteiger partial charge in [0, 0.05) is 18.4 Å². The summed E-state index contributed by atoms with van der Waals surface area (Å²) in [4.78, 5) is 12.1. The van der Waals surface area contributed by atoms with Gasteiger partial charge < -0.3 is 10.6 Å². The van der Waals surface area contributed by atoms with Gasteiger partial charge in [-0.1, -0.05) is 12.1 Å². The highest BCUT2D eigenvalue weighted by Gasteiger charge is 2.09. The fraction of sp³-hybridized carbons (Fsp3) is 0.111. The van der Waals surface area contributed by atoms with E-state index in [4.69, 9.17) is 10.4 Å². The van der Waals surface area contributed by atoms with E-state index in [1.165, 1.54) is 42.6 Å². The summed E-state index contributed by atoms with van der Waals surface area (Å²) in [5.74, 6) is -1.04. The van der Waals surface area contributed by atoms with Crippen molar-refractivity contribution in [2.45, 2.75) is 11.3 Å². The van der Waals surface area contributed by atoms with Gasteiger partial charge in [-0.25, -0.2) is 17.9 Å². The highest BCUT2D eigenvalue weighted by molar-refractivity contribution is 7.89. The van der Waals surface area contributed by atoms with E-state index in [1.54, 1.807) is 18.2 Å². The summed E-state index contributed by atoms with van der Waals surface area (Å²) in [5, 5.41) is 19.5. The largest absolute Gasteiger partial charge is 0.389 e. The van der Waals surface area contributed by atoms with Crippen molar-refractivity contribution >= 4 is 21.6 Å². The average molecular weight is 388 g/mol. The van der Waals surface area contributed by atoms with Gasteiger partial charge in [0.25, 0.3) is 5.91 Å². The van der Waals surface area contributed by atoms with Gasteiger partial charge in [0.2, 0.25) is 10.0 Å². The number of sulfonamides is 1. The van der Waals surface area contributed by atoms with Crippen LogP contribution in [-0.4, -0.2) is 20.9 Å². The first-order valence-corrected chi connectivity index (χ1v) is 9.36. The summed E-state index contributed by atoms with van der Waals surface area (Å²) in [6, 6.07) is 13.1. The third-order valence-electron chi connectivity index (χ3n) is 3.52. The molecule has 0 spiro atoms. The van der Waals surface area contributed by atoms with Gasteiger partial charge in [-0.2, -0.15) is 5.26 Å². The molecule has 2 rings (SSSR count). The van der Waals surface area contributed by atoms with E-state index in [-0.39, 0.29) is 10.5 Å². The normalized spacial score (nSPS) is 11.5. The molecule has 140 valence electrons. The van der Waals surface area contributed by atoms with Crippen molar-refractivity contribution in [2.24, 2.45) is 5.14 Å². The summed E-state index contributed by atoms with van der Waals surface area (Å²) in [6.45, 7) is 0.420. The molecule has 27 heavy (non-hydrogen) atoms. The number of primary sulfonamides is 1. The van der Waals surface area contributed by atoms with E-state index in [2.05, 4.69) is 10.6 Å². The van der Waals surface area contributed by atoms with Crippen LogP contribution in [0.15, 0.2) is 65.2 Å². The van der Waals surface area contributed by atoms with Crippen LogP contribution in [0.2, 0.25) is 0 Å². The molecular formula is C18H17FN4O3S. The monoisotopic (exact) mass is 388 g/mol. The molecule has 0 bridgehead atoms. The second-order valence-electron chi connectivity index (χ2n) is 5.52. The number of nitrogens with one attached hydrogen (secondary N) is 2. The Labute approximate surface area is 156 Å². The fourth-order valence-electron chi connectivity index (χ4n) is 2.12. The molecule has 0 heterocycles. The highest BCUT2D eigenvalue weighted by atomic mass is 32.2. The highest BCUT2D eigenvalue weighted by Crippen LogP contribution is 2.10. The van der Waals surface area contributed by atoms with Crippen LogP contribution in [0.4, 0.5) is 10.1 Å². The second-order valence-corrected chi connectivity index (χ2v) is 7.09. The molecule has 9 heteroatoms. The number of carbonyl (C=O) groups excluding carboxylic acids is 1. The lowest BCUT2D eigenvalue weighted by Gasteiger charge is -2.06. The number of benzene rings is 2. The van der Waals surface area contributed by atoms with Gasteiger partial charge in [-0.3, -0.25) is 4.79 Å². The molecule has 4 N–H and O–H groups in total. The zero-order valence-electron chi connectivity index (χ0n) is 14.1. The molecule has 0 aliphatic rings. The zero-order chi connectivity index (χ0) is 19.9. The molecule has 0 aliphatic carbocycles. The summed E-state index contributed by atoms with van der Waals surface area (Å²) >= 11 is 0. The molecule has 0 saturated carbocycles. The van der Waals surface area contributed by atoms with E-state index < -0.39 is 21.7 Å². The number of amides is 1. The standard InChI is InChI=1S/C18H17FN4O3S/c19-15-3-5-16(6-4-15)23-18(24)14(11-20)12-22-10-9-13-1-7-17(8-2-13)27(21,25)26/h1-8,12,22H,9-10H2,(H,23,24)(H2,21,25,26)/b14-12-. The van der Waals surface area contributed by atoms with Crippen LogP contribution in [0.5, 0.6) is 0 Å². The number of rotatable bonds is 7. The minimum absolute atomic E-state index is 0.0309. The molecule has 2 aromatic carbocycles. The van der Waals surface area contributed by atoms with Gasteiger partial charge in [0.05, 0.1) is 4.90 Å². The van der Waals surface area contributed by atoms with Crippen LogP contribution in [0.25, 0.3) is 0 Å². The summed E-state index contributed by atoms with van der Waals surface area (Å²) in [7, 11) is -3.72. The van der Waals surface area contributed by atoms with E-state index in [1.807, 2.05) is 0 Å². The zero-order valence-corrected chi connectivity index (χ0v) is 15.0. The van der Waals surface area contributed by atoms with E-state index in [0.29, 0.717) is 18.7 Å². The molecule has 7 nitrogen and oxygen atoms in total. The Kier molecular flexibility index (Phi) is 6.65. The lowest BCUT2D eigenvalue weighted by molar-refractivity contribution is -0.112. The second kappa shape index (κ2) is 8.93. The quantitative estimate of drug-likeness (QED) is 0.378. The topological polar surface area (TPSA) is 125 Å². The van der Waals surface area contributed by atoms with Gasteiger partial charge in [-0.15, -0.1) is 0 Å².